The first-order valence-electron chi connectivity index (χ1n) is 5.77. The second kappa shape index (κ2) is 4.85. The summed E-state index contributed by atoms with van der Waals surface area (Å²) >= 11 is 0. The first-order valence-corrected chi connectivity index (χ1v) is 5.77. The number of carbonyl (C=O) groups is 2. The van der Waals surface area contributed by atoms with E-state index in [4.69, 9.17) is 4.74 Å². The Balaban J connectivity index is 2.82. The van der Waals surface area contributed by atoms with E-state index in [0.29, 0.717) is 13.0 Å². The zero-order chi connectivity index (χ0) is 12.3. The van der Waals surface area contributed by atoms with Gasteiger partial charge in [-0.05, 0) is 19.3 Å². The second-order valence-corrected chi connectivity index (χ2v) is 5.28. The highest BCUT2D eigenvalue weighted by molar-refractivity contribution is 5.87. The fourth-order valence-electron chi connectivity index (χ4n) is 1.99. The highest BCUT2D eigenvalue weighted by Crippen LogP contribution is 2.25. The lowest BCUT2D eigenvalue weighted by Gasteiger charge is -2.37. The number of hydrogen-bond donors (Lipinski definition) is 0. The topological polar surface area (TPSA) is 46.6 Å². The van der Waals surface area contributed by atoms with Gasteiger partial charge in [0.1, 0.15) is 6.04 Å². The zero-order valence-electron chi connectivity index (χ0n) is 10.6. The number of ether oxygens (including phenoxy) is 1. The predicted molar refractivity (Wildman–Crippen MR) is 60.8 cm³/mol. The molecule has 4 heteroatoms. The molecule has 1 heterocycles. The largest absolute Gasteiger partial charge is 0.467 e. The van der Waals surface area contributed by atoms with Gasteiger partial charge in [0.15, 0.2) is 0 Å². The van der Waals surface area contributed by atoms with Gasteiger partial charge in [0, 0.05) is 12.0 Å². The SMILES string of the molecule is COC(=O)C1CCCCN1C(=O)C(C)(C)C. The molecule has 1 unspecified atom stereocenters. The third kappa shape index (κ3) is 2.74. The summed E-state index contributed by atoms with van der Waals surface area (Å²) in [6, 6.07) is -0.384. The van der Waals surface area contributed by atoms with Gasteiger partial charge in [0.2, 0.25) is 5.91 Å². The normalized spacial score (nSPS) is 21.8. The number of rotatable bonds is 1. The van der Waals surface area contributed by atoms with Crippen LogP contribution < -0.4 is 0 Å². The molecule has 4 nitrogen and oxygen atoms in total. The number of hydrogen-bond acceptors (Lipinski definition) is 3. The Morgan fingerprint density at radius 2 is 1.88 bits per heavy atom. The van der Waals surface area contributed by atoms with Crippen LogP contribution in [-0.4, -0.2) is 36.5 Å². The van der Waals surface area contributed by atoms with Gasteiger partial charge < -0.3 is 9.64 Å². The van der Waals surface area contributed by atoms with Gasteiger partial charge in [-0.2, -0.15) is 0 Å². The molecule has 1 atom stereocenters. The van der Waals surface area contributed by atoms with Crippen molar-refractivity contribution in [3.8, 4) is 0 Å². The molecule has 16 heavy (non-hydrogen) atoms. The highest BCUT2D eigenvalue weighted by Gasteiger charge is 2.37. The molecule has 0 radical (unpaired) electrons. The van der Waals surface area contributed by atoms with Gasteiger partial charge in [-0.1, -0.05) is 20.8 Å². The van der Waals surface area contributed by atoms with Gasteiger partial charge in [0.05, 0.1) is 7.11 Å². The van der Waals surface area contributed by atoms with Crippen molar-refractivity contribution in [3.05, 3.63) is 0 Å². The van der Waals surface area contributed by atoms with Crippen molar-refractivity contribution in [2.45, 2.75) is 46.1 Å². The standard InChI is InChI=1S/C12H21NO3/c1-12(2,3)11(15)13-8-6-5-7-9(13)10(14)16-4/h9H,5-8H2,1-4H3. The number of methoxy groups -OCH3 is 1. The maximum atomic E-state index is 12.2. The molecular weight excluding hydrogens is 206 g/mol. The van der Waals surface area contributed by atoms with Gasteiger partial charge >= 0.3 is 5.97 Å². The van der Waals surface area contributed by atoms with Gasteiger partial charge in [-0.25, -0.2) is 4.79 Å². The minimum atomic E-state index is -0.441. The molecule has 1 amide bonds. The van der Waals surface area contributed by atoms with E-state index in [9.17, 15) is 9.59 Å². The van der Waals surface area contributed by atoms with Crippen LogP contribution in [0.1, 0.15) is 40.0 Å². The lowest BCUT2D eigenvalue weighted by molar-refractivity contribution is -0.158. The monoisotopic (exact) mass is 227 g/mol. The third-order valence-corrected chi connectivity index (χ3v) is 2.88. The molecule has 0 spiro atoms. The first kappa shape index (κ1) is 13.0. The average molecular weight is 227 g/mol. The Hall–Kier alpha value is -1.06. The molecule has 0 aromatic rings. The molecule has 0 N–H and O–H groups in total. The fraction of sp³-hybridized carbons (Fsp3) is 0.833. The average Bonchev–Trinajstić information content (AvgIpc) is 2.25. The molecule has 1 aliphatic rings. The van der Waals surface area contributed by atoms with Crippen LogP contribution >= 0.6 is 0 Å². The van der Waals surface area contributed by atoms with Crippen LogP contribution in [0.2, 0.25) is 0 Å². The molecule has 1 saturated heterocycles. The third-order valence-electron chi connectivity index (χ3n) is 2.88. The predicted octanol–water partition coefficient (Wildman–Crippen LogP) is 1.59. The summed E-state index contributed by atoms with van der Waals surface area (Å²) < 4.78 is 4.75. The molecule has 0 aromatic heterocycles. The Bertz CT molecular complexity index is 280. The number of amides is 1. The van der Waals surface area contributed by atoms with Crippen LogP contribution in [0.4, 0.5) is 0 Å². The van der Waals surface area contributed by atoms with E-state index in [2.05, 4.69) is 0 Å². The molecule has 0 saturated carbocycles. The van der Waals surface area contributed by atoms with Crippen molar-refractivity contribution in [2.24, 2.45) is 5.41 Å². The summed E-state index contributed by atoms with van der Waals surface area (Å²) in [5.41, 5.74) is -0.441. The van der Waals surface area contributed by atoms with E-state index in [-0.39, 0.29) is 17.9 Å². The van der Waals surface area contributed by atoms with E-state index in [1.165, 1.54) is 7.11 Å². The first-order chi connectivity index (χ1) is 7.38. The molecule has 1 aliphatic heterocycles. The van der Waals surface area contributed by atoms with Crippen LogP contribution in [0.5, 0.6) is 0 Å². The molecule has 1 fully saturated rings. The Kier molecular flexibility index (Phi) is 3.94. The Morgan fingerprint density at radius 1 is 1.25 bits per heavy atom. The maximum Gasteiger partial charge on any atom is 0.328 e. The minimum absolute atomic E-state index is 0.0302. The summed E-state index contributed by atoms with van der Waals surface area (Å²) in [5.74, 6) is -0.264. The van der Waals surface area contributed by atoms with Crippen molar-refractivity contribution in [2.75, 3.05) is 13.7 Å². The van der Waals surface area contributed by atoms with Crippen LogP contribution in [0.25, 0.3) is 0 Å². The van der Waals surface area contributed by atoms with E-state index >= 15 is 0 Å². The van der Waals surface area contributed by atoms with Crippen LogP contribution in [-0.2, 0) is 14.3 Å². The van der Waals surface area contributed by atoms with E-state index in [1.807, 2.05) is 20.8 Å². The van der Waals surface area contributed by atoms with Crippen molar-refractivity contribution < 1.29 is 14.3 Å². The van der Waals surface area contributed by atoms with Crippen LogP contribution in [0.3, 0.4) is 0 Å². The number of esters is 1. The molecule has 1 rings (SSSR count). The van der Waals surface area contributed by atoms with Crippen molar-refractivity contribution in [1.29, 1.82) is 0 Å². The summed E-state index contributed by atoms with van der Waals surface area (Å²) in [7, 11) is 1.37. The van der Waals surface area contributed by atoms with Crippen molar-refractivity contribution in [1.82, 2.24) is 4.90 Å². The van der Waals surface area contributed by atoms with E-state index < -0.39 is 5.41 Å². The van der Waals surface area contributed by atoms with Gasteiger partial charge in [-0.3, -0.25) is 4.79 Å². The maximum absolute atomic E-state index is 12.2. The smallest absolute Gasteiger partial charge is 0.328 e. The number of carbonyl (C=O) groups excluding carboxylic acids is 2. The summed E-state index contributed by atoms with van der Waals surface area (Å²) in [5, 5.41) is 0. The van der Waals surface area contributed by atoms with Crippen molar-refractivity contribution >= 4 is 11.9 Å². The molecular formula is C12H21NO3. The molecule has 0 aliphatic carbocycles. The van der Waals surface area contributed by atoms with E-state index in [0.717, 1.165) is 12.8 Å². The van der Waals surface area contributed by atoms with Crippen molar-refractivity contribution in [3.63, 3.8) is 0 Å². The van der Waals surface area contributed by atoms with Crippen LogP contribution in [0, 0.1) is 5.41 Å². The number of piperidine rings is 1. The summed E-state index contributed by atoms with van der Waals surface area (Å²) in [6.07, 6.45) is 2.66. The minimum Gasteiger partial charge on any atom is -0.467 e. The lowest BCUT2D eigenvalue weighted by atomic mass is 9.91. The Morgan fingerprint density at radius 3 is 2.38 bits per heavy atom. The fourth-order valence-corrected chi connectivity index (χ4v) is 1.99. The summed E-state index contributed by atoms with van der Waals surface area (Å²) in [6.45, 7) is 6.28. The molecule has 0 bridgehead atoms. The quantitative estimate of drug-likeness (QED) is 0.639. The highest BCUT2D eigenvalue weighted by atomic mass is 16.5. The van der Waals surface area contributed by atoms with Gasteiger partial charge in [-0.15, -0.1) is 0 Å². The number of likely N-dealkylation sites (tertiary alicyclic amines) is 1. The second-order valence-electron chi connectivity index (χ2n) is 5.28. The van der Waals surface area contributed by atoms with Crippen LogP contribution in [0.15, 0.2) is 0 Å². The Labute approximate surface area is 96.9 Å². The summed E-state index contributed by atoms with van der Waals surface area (Å²) in [4.78, 5) is 25.4. The number of nitrogens with zero attached hydrogens (tertiary/aromatic N) is 1. The van der Waals surface area contributed by atoms with Gasteiger partial charge in [0.25, 0.3) is 0 Å². The van der Waals surface area contributed by atoms with E-state index in [1.54, 1.807) is 4.90 Å². The molecule has 92 valence electrons. The zero-order valence-corrected chi connectivity index (χ0v) is 10.6. The lowest BCUT2D eigenvalue weighted by Crippen LogP contribution is -2.52. The molecule has 0 aromatic carbocycles.